The summed E-state index contributed by atoms with van der Waals surface area (Å²) >= 11 is 6.04. The van der Waals surface area contributed by atoms with Gasteiger partial charge < -0.3 is 5.11 Å². The second-order valence-electron chi connectivity index (χ2n) is 4.49. The van der Waals surface area contributed by atoms with Gasteiger partial charge in [0.25, 0.3) is 0 Å². The Bertz CT molecular complexity index is 536. The highest BCUT2D eigenvalue weighted by Gasteiger charge is 2.30. The van der Waals surface area contributed by atoms with Crippen LogP contribution in [0.3, 0.4) is 0 Å². The molecule has 0 spiro atoms. The van der Waals surface area contributed by atoms with Gasteiger partial charge in [-0.05, 0) is 35.2 Å². The number of fused-ring (bicyclic) bond motifs is 1. The van der Waals surface area contributed by atoms with Crippen molar-refractivity contribution in [2.24, 2.45) is 0 Å². The van der Waals surface area contributed by atoms with Crippen LogP contribution in [0.1, 0.15) is 35.1 Å². The van der Waals surface area contributed by atoms with Gasteiger partial charge in [-0.3, -0.25) is 0 Å². The van der Waals surface area contributed by atoms with E-state index in [1.807, 2.05) is 36.4 Å². The molecule has 2 aromatic carbocycles. The van der Waals surface area contributed by atoms with Crippen molar-refractivity contribution < 1.29 is 5.11 Å². The van der Waals surface area contributed by atoms with Crippen molar-refractivity contribution >= 4 is 11.6 Å². The summed E-state index contributed by atoms with van der Waals surface area (Å²) in [6.07, 6.45) is 0.382. The summed E-state index contributed by atoms with van der Waals surface area (Å²) in [6, 6.07) is 16.0. The summed E-state index contributed by atoms with van der Waals surface area (Å²) in [5.41, 5.74) is 3.42. The van der Waals surface area contributed by atoms with Crippen molar-refractivity contribution in [1.29, 1.82) is 0 Å². The average Bonchev–Trinajstić information content (AvgIpc) is 2.67. The molecule has 2 heteroatoms. The van der Waals surface area contributed by atoms with E-state index >= 15 is 0 Å². The summed E-state index contributed by atoms with van der Waals surface area (Å²) in [6.45, 7) is 0. The van der Waals surface area contributed by atoms with Gasteiger partial charge in [-0.2, -0.15) is 0 Å². The van der Waals surface area contributed by atoms with Gasteiger partial charge in [-0.1, -0.05) is 48.0 Å². The lowest BCUT2D eigenvalue weighted by atomic mass is 9.93. The Labute approximate surface area is 106 Å². The molecule has 0 fully saturated rings. The summed E-state index contributed by atoms with van der Waals surface area (Å²) in [5.74, 6) is 0.264. The number of hydrogen-bond acceptors (Lipinski definition) is 1. The average molecular weight is 245 g/mol. The van der Waals surface area contributed by atoms with E-state index in [1.54, 1.807) is 0 Å². The molecule has 2 atom stereocenters. The summed E-state index contributed by atoms with van der Waals surface area (Å²) in [7, 11) is 0. The van der Waals surface area contributed by atoms with Crippen LogP contribution in [0.15, 0.2) is 48.5 Å². The zero-order chi connectivity index (χ0) is 11.8. The Hall–Kier alpha value is -1.31. The van der Waals surface area contributed by atoms with E-state index in [4.69, 9.17) is 11.6 Å². The number of rotatable bonds is 1. The smallest absolute Gasteiger partial charge is 0.0802 e. The standard InChI is InChI=1S/C15H13ClO/c16-11-6-7-12-14(8-11)13(9-15(12)17)10-4-2-1-3-5-10/h1-8,13,15,17H,9H2/t13-,15+/m1/s1. The Balaban J connectivity index is 2.09. The number of aliphatic hydroxyl groups excluding tert-OH is 1. The molecule has 0 heterocycles. The fraction of sp³-hybridized carbons (Fsp3) is 0.200. The van der Waals surface area contributed by atoms with Crippen LogP contribution >= 0.6 is 11.6 Å². The molecule has 1 nitrogen and oxygen atoms in total. The fourth-order valence-corrected chi connectivity index (χ4v) is 2.81. The predicted molar refractivity (Wildman–Crippen MR) is 69.3 cm³/mol. The molecule has 0 radical (unpaired) electrons. The first kappa shape index (κ1) is 10.8. The van der Waals surface area contributed by atoms with Crippen LogP contribution in [0, 0.1) is 0 Å². The maximum atomic E-state index is 10.1. The Morgan fingerprint density at radius 3 is 2.53 bits per heavy atom. The van der Waals surface area contributed by atoms with Crippen molar-refractivity contribution in [2.45, 2.75) is 18.4 Å². The number of aliphatic hydroxyl groups is 1. The molecule has 1 aliphatic carbocycles. The molecule has 3 rings (SSSR count). The first-order chi connectivity index (χ1) is 8.25. The van der Waals surface area contributed by atoms with Gasteiger partial charge in [-0.15, -0.1) is 0 Å². The van der Waals surface area contributed by atoms with Crippen LogP contribution in [0.4, 0.5) is 0 Å². The van der Waals surface area contributed by atoms with Gasteiger partial charge >= 0.3 is 0 Å². The Morgan fingerprint density at radius 1 is 1.00 bits per heavy atom. The van der Waals surface area contributed by atoms with Crippen LogP contribution in [-0.2, 0) is 0 Å². The van der Waals surface area contributed by atoms with Crippen molar-refractivity contribution in [1.82, 2.24) is 0 Å². The van der Waals surface area contributed by atoms with Crippen LogP contribution in [0.2, 0.25) is 5.02 Å². The third kappa shape index (κ3) is 1.86. The largest absolute Gasteiger partial charge is 0.388 e. The summed E-state index contributed by atoms with van der Waals surface area (Å²) < 4.78 is 0. The van der Waals surface area contributed by atoms with Crippen molar-refractivity contribution in [2.75, 3.05) is 0 Å². The predicted octanol–water partition coefficient (Wildman–Crippen LogP) is 3.91. The highest BCUT2D eigenvalue weighted by Crippen LogP contribution is 2.44. The van der Waals surface area contributed by atoms with E-state index in [1.165, 1.54) is 5.56 Å². The molecule has 0 aliphatic heterocycles. The van der Waals surface area contributed by atoms with Gasteiger partial charge in [0.05, 0.1) is 6.10 Å². The zero-order valence-corrected chi connectivity index (χ0v) is 10.1. The van der Waals surface area contributed by atoms with E-state index in [0.29, 0.717) is 0 Å². The van der Waals surface area contributed by atoms with E-state index < -0.39 is 0 Å². The van der Waals surface area contributed by atoms with Crippen LogP contribution in [-0.4, -0.2) is 5.11 Å². The molecule has 1 aliphatic rings. The molecule has 0 bridgehead atoms. The lowest BCUT2D eigenvalue weighted by Gasteiger charge is -2.11. The van der Waals surface area contributed by atoms with E-state index in [-0.39, 0.29) is 12.0 Å². The van der Waals surface area contributed by atoms with E-state index in [9.17, 15) is 5.11 Å². The monoisotopic (exact) mass is 244 g/mol. The van der Waals surface area contributed by atoms with Crippen molar-refractivity contribution in [3.63, 3.8) is 0 Å². The lowest BCUT2D eigenvalue weighted by Crippen LogP contribution is -1.95. The van der Waals surface area contributed by atoms with Crippen LogP contribution in [0.5, 0.6) is 0 Å². The molecule has 1 N–H and O–H groups in total. The first-order valence-corrected chi connectivity index (χ1v) is 6.16. The molecule has 2 aromatic rings. The quantitative estimate of drug-likeness (QED) is 0.807. The van der Waals surface area contributed by atoms with Crippen LogP contribution in [0.25, 0.3) is 0 Å². The second-order valence-corrected chi connectivity index (χ2v) is 4.92. The summed E-state index contributed by atoms with van der Waals surface area (Å²) in [4.78, 5) is 0. The molecule has 0 amide bonds. The minimum absolute atomic E-state index is 0.264. The third-order valence-electron chi connectivity index (χ3n) is 3.44. The minimum Gasteiger partial charge on any atom is -0.388 e. The Morgan fingerprint density at radius 2 is 1.76 bits per heavy atom. The van der Waals surface area contributed by atoms with Gasteiger partial charge in [0, 0.05) is 10.9 Å². The maximum absolute atomic E-state index is 10.1. The van der Waals surface area contributed by atoms with Gasteiger partial charge in [-0.25, -0.2) is 0 Å². The molecule has 17 heavy (non-hydrogen) atoms. The third-order valence-corrected chi connectivity index (χ3v) is 3.68. The fourth-order valence-electron chi connectivity index (χ4n) is 2.63. The molecule has 0 aromatic heterocycles. The second kappa shape index (κ2) is 4.17. The highest BCUT2D eigenvalue weighted by atomic mass is 35.5. The maximum Gasteiger partial charge on any atom is 0.0802 e. The molecule has 86 valence electrons. The Kier molecular flexibility index (Phi) is 2.65. The summed E-state index contributed by atoms with van der Waals surface area (Å²) in [5, 5.41) is 10.8. The van der Waals surface area contributed by atoms with Gasteiger partial charge in [0.1, 0.15) is 0 Å². The first-order valence-electron chi connectivity index (χ1n) is 5.78. The topological polar surface area (TPSA) is 20.2 Å². The van der Waals surface area contributed by atoms with E-state index in [0.717, 1.165) is 22.6 Å². The number of halogens is 1. The van der Waals surface area contributed by atoms with Gasteiger partial charge in [0.15, 0.2) is 0 Å². The SMILES string of the molecule is O[C@H]1C[C@H](c2ccccc2)c2cc(Cl)ccc21. The molecular formula is C15H13ClO. The number of benzene rings is 2. The molecular weight excluding hydrogens is 232 g/mol. The van der Waals surface area contributed by atoms with Crippen molar-refractivity contribution in [3.8, 4) is 0 Å². The minimum atomic E-state index is -0.368. The number of hydrogen-bond donors (Lipinski definition) is 1. The van der Waals surface area contributed by atoms with Crippen LogP contribution < -0.4 is 0 Å². The molecule has 0 saturated heterocycles. The van der Waals surface area contributed by atoms with Gasteiger partial charge in [0.2, 0.25) is 0 Å². The van der Waals surface area contributed by atoms with E-state index in [2.05, 4.69) is 12.1 Å². The molecule has 0 saturated carbocycles. The highest BCUT2D eigenvalue weighted by molar-refractivity contribution is 6.30. The lowest BCUT2D eigenvalue weighted by molar-refractivity contribution is 0.176. The zero-order valence-electron chi connectivity index (χ0n) is 9.31. The molecule has 0 unspecified atom stereocenters. The normalized spacial score (nSPS) is 22.5. The van der Waals surface area contributed by atoms with Crippen molar-refractivity contribution in [3.05, 3.63) is 70.2 Å².